The highest BCUT2D eigenvalue weighted by atomic mass is 16.5. The summed E-state index contributed by atoms with van der Waals surface area (Å²) in [6.07, 6.45) is -0.358. The number of methoxy groups -OCH3 is 1. The van der Waals surface area contributed by atoms with Crippen molar-refractivity contribution in [1.82, 2.24) is 5.32 Å². The number of hydrogen-bond acceptors (Lipinski definition) is 4. The number of benzene rings is 1. The monoisotopic (exact) mass is 238 g/mol. The fourth-order valence-electron chi connectivity index (χ4n) is 1.42. The smallest absolute Gasteiger partial charge is 0.218 e. The predicted molar refractivity (Wildman–Crippen MR) is 64.6 cm³/mol. The van der Waals surface area contributed by atoms with Crippen molar-refractivity contribution in [2.75, 3.05) is 20.2 Å². The van der Waals surface area contributed by atoms with Crippen molar-refractivity contribution in [2.45, 2.75) is 12.5 Å². The van der Waals surface area contributed by atoms with Gasteiger partial charge in [-0.15, -0.1) is 0 Å². The lowest BCUT2D eigenvalue weighted by atomic mass is 10.1. The van der Waals surface area contributed by atoms with Crippen molar-refractivity contribution < 1.29 is 14.6 Å². The minimum Gasteiger partial charge on any atom is -0.497 e. The standard InChI is InChI=1S/C12H18N2O3/c1-17-10-4-2-3-9(7-10)11(15)8-14-6-5-12(13)16/h2-4,7,11,14-15H,5-6,8H2,1H3,(H2,13,16). The molecule has 94 valence electrons. The summed E-state index contributed by atoms with van der Waals surface area (Å²) in [6.45, 7) is 0.844. The van der Waals surface area contributed by atoms with E-state index in [9.17, 15) is 9.90 Å². The van der Waals surface area contributed by atoms with Crippen LogP contribution in [0.25, 0.3) is 0 Å². The Morgan fingerprint density at radius 2 is 2.35 bits per heavy atom. The molecular formula is C12H18N2O3. The molecule has 5 heteroatoms. The summed E-state index contributed by atoms with van der Waals surface area (Å²) in [7, 11) is 1.58. The molecule has 0 bridgehead atoms. The number of primary amides is 1. The number of ether oxygens (including phenoxy) is 1. The molecule has 1 atom stereocenters. The molecule has 0 heterocycles. The Morgan fingerprint density at radius 3 is 3.00 bits per heavy atom. The van der Waals surface area contributed by atoms with E-state index in [0.717, 1.165) is 5.56 Å². The number of carbonyl (C=O) groups excluding carboxylic acids is 1. The Morgan fingerprint density at radius 1 is 1.59 bits per heavy atom. The average molecular weight is 238 g/mol. The lowest BCUT2D eigenvalue weighted by molar-refractivity contribution is -0.117. The van der Waals surface area contributed by atoms with Crippen LogP contribution < -0.4 is 15.8 Å². The third-order valence-electron chi connectivity index (χ3n) is 2.36. The second-order valence-electron chi connectivity index (χ2n) is 3.71. The molecule has 17 heavy (non-hydrogen) atoms. The molecule has 1 rings (SSSR count). The first kappa shape index (κ1) is 13.5. The number of carbonyl (C=O) groups is 1. The van der Waals surface area contributed by atoms with Crippen LogP contribution >= 0.6 is 0 Å². The first-order valence-corrected chi connectivity index (χ1v) is 5.44. The van der Waals surface area contributed by atoms with Crippen LogP contribution in [0.5, 0.6) is 5.75 Å². The van der Waals surface area contributed by atoms with Gasteiger partial charge in [0.2, 0.25) is 5.91 Å². The fourth-order valence-corrected chi connectivity index (χ4v) is 1.42. The molecule has 0 aliphatic rings. The summed E-state index contributed by atoms with van der Waals surface area (Å²) in [5.41, 5.74) is 5.77. The summed E-state index contributed by atoms with van der Waals surface area (Å²) in [5.74, 6) is 0.354. The zero-order valence-corrected chi connectivity index (χ0v) is 9.85. The first-order chi connectivity index (χ1) is 8.13. The van der Waals surface area contributed by atoms with Gasteiger partial charge < -0.3 is 20.9 Å². The highest BCUT2D eigenvalue weighted by molar-refractivity contribution is 5.73. The third kappa shape index (κ3) is 4.84. The Hall–Kier alpha value is -1.59. The van der Waals surface area contributed by atoms with Crippen molar-refractivity contribution in [3.8, 4) is 5.75 Å². The number of nitrogens with one attached hydrogen (secondary N) is 1. The van der Waals surface area contributed by atoms with Gasteiger partial charge in [0, 0.05) is 19.5 Å². The van der Waals surface area contributed by atoms with E-state index in [1.54, 1.807) is 13.2 Å². The minimum absolute atomic E-state index is 0.269. The second-order valence-corrected chi connectivity index (χ2v) is 3.71. The van der Waals surface area contributed by atoms with Gasteiger partial charge in [0.15, 0.2) is 0 Å². The first-order valence-electron chi connectivity index (χ1n) is 5.44. The molecule has 0 aromatic heterocycles. The van der Waals surface area contributed by atoms with E-state index >= 15 is 0 Å². The zero-order chi connectivity index (χ0) is 12.7. The van der Waals surface area contributed by atoms with Crippen molar-refractivity contribution >= 4 is 5.91 Å². The van der Waals surface area contributed by atoms with Crippen LogP contribution in [-0.2, 0) is 4.79 Å². The van der Waals surface area contributed by atoms with Gasteiger partial charge in [-0.3, -0.25) is 4.79 Å². The Labute approximate surface area is 101 Å². The predicted octanol–water partition coefficient (Wildman–Crippen LogP) is 0.194. The van der Waals surface area contributed by atoms with Gasteiger partial charge in [-0.1, -0.05) is 12.1 Å². The maximum Gasteiger partial charge on any atom is 0.218 e. The summed E-state index contributed by atoms with van der Waals surface area (Å²) >= 11 is 0. The van der Waals surface area contributed by atoms with E-state index in [1.165, 1.54) is 0 Å². The van der Waals surface area contributed by atoms with Gasteiger partial charge >= 0.3 is 0 Å². The summed E-state index contributed by atoms with van der Waals surface area (Å²) < 4.78 is 5.07. The molecular weight excluding hydrogens is 220 g/mol. The number of nitrogens with two attached hydrogens (primary N) is 1. The highest BCUT2D eigenvalue weighted by Crippen LogP contribution is 2.18. The summed E-state index contributed by atoms with van der Waals surface area (Å²) in [5, 5.41) is 12.8. The molecule has 0 aliphatic heterocycles. The Bertz CT molecular complexity index is 369. The topological polar surface area (TPSA) is 84.6 Å². The van der Waals surface area contributed by atoms with E-state index in [1.807, 2.05) is 18.2 Å². The number of rotatable bonds is 7. The molecule has 0 saturated heterocycles. The molecule has 0 fully saturated rings. The average Bonchev–Trinajstić information content (AvgIpc) is 2.34. The van der Waals surface area contributed by atoms with Crippen molar-refractivity contribution in [2.24, 2.45) is 5.73 Å². The molecule has 0 radical (unpaired) electrons. The molecule has 1 aromatic carbocycles. The van der Waals surface area contributed by atoms with Gasteiger partial charge in [0.25, 0.3) is 0 Å². The van der Waals surface area contributed by atoms with Gasteiger partial charge in [-0.25, -0.2) is 0 Å². The lowest BCUT2D eigenvalue weighted by Gasteiger charge is -2.12. The van der Waals surface area contributed by atoms with E-state index in [4.69, 9.17) is 10.5 Å². The molecule has 0 aliphatic carbocycles. The molecule has 5 nitrogen and oxygen atoms in total. The molecule has 0 spiro atoms. The van der Waals surface area contributed by atoms with E-state index in [-0.39, 0.29) is 12.3 Å². The number of hydrogen-bond donors (Lipinski definition) is 3. The van der Waals surface area contributed by atoms with Crippen LogP contribution in [0, 0.1) is 0 Å². The molecule has 0 saturated carbocycles. The number of amides is 1. The van der Waals surface area contributed by atoms with E-state index < -0.39 is 6.10 Å². The van der Waals surface area contributed by atoms with Crippen molar-refractivity contribution in [3.05, 3.63) is 29.8 Å². The maximum absolute atomic E-state index is 10.5. The third-order valence-corrected chi connectivity index (χ3v) is 2.36. The van der Waals surface area contributed by atoms with Crippen LogP contribution in [0.15, 0.2) is 24.3 Å². The van der Waals surface area contributed by atoms with Crippen LogP contribution in [0.1, 0.15) is 18.1 Å². The highest BCUT2D eigenvalue weighted by Gasteiger charge is 2.07. The maximum atomic E-state index is 10.5. The van der Waals surface area contributed by atoms with Gasteiger partial charge in [0.05, 0.1) is 13.2 Å². The van der Waals surface area contributed by atoms with Crippen molar-refractivity contribution in [3.63, 3.8) is 0 Å². The molecule has 1 aromatic rings. The van der Waals surface area contributed by atoms with E-state index in [2.05, 4.69) is 5.32 Å². The quantitative estimate of drug-likeness (QED) is 0.592. The van der Waals surface area contributed by atoms with Crippen LogP contribution in [0.3, 0.4) is 0 Å². The molecule has 4 N–H and O–H groups in total. The van der Waals surface area contributed by atoms with Gasteiger partial charge in [-0.2, -0.15) is 0 Å². The molecule has 1 amide bonds. The van der Waals surface area contributed by atoms with Crippen molar-refractivity contribution in [1.29, 1.82) is 0 Å². The van der Waals surface area contributed by atoms with Crippen LogP contribution in [0.4, 0.5) is 0 Å². The second kappa shape index (κ2) is 6.88. The van der Waals surface area contributed by atoms with Crippen LogP contribution in [0.2, 0.25) is 0 Å². The zero-order valence-electron chi connectivity index (χ0n) is 9.85. The minimum atomic E-state index is -0.627. The fraction of sp³-hybridized carbons (Fsp3) is 0.417. The summed E-state index contributed by atoms with van der Waals surface area (Å²) in [4.78, 5) is 10.5. The number of aliphatic hydroxyl groups excluding tert-OH is 1. The molecule has 1 unspecified atom stereocenters. The lowest BCUT2D eigenvalue weighted by Crippen LogP contribution is -2.26. The largest absolute Gasteiger partial charge is 0.497 e. The van der Waals surface area contributed by atoms with Crippen LogP contribution in [-0.4, -0.2) is 31.2 Å². The Balaban J connectivity index is 2.40. The van der Waals surface area contributed by atoms with Gasteiger partial charge in [0.1, 0.15) is 5.75 Å². The summed E-state index contributed by atoms with van der Waals surface area (Å²) in [6, 6.07) is 7.24. The van der Waals surface area contributed by atoms with E-state index in [0.29, 0.717) is 18.8 Å². The van der Waals surface area contributed by atoms with Gasteiger partial charge in [-0.05, 0) is 17.7 Å². The Kier molecular flexibility index (Phi) is 5.45. The SMILES string of the molecule is COc1cccc(C(O)CNCCC(N)=O)c1. The normalized spacial score (nSPS) is 12.1. The number of aliphatic hydroxyl groups is 1.